The van der Waals surface area contributed by atoms with E-state index in [-0.39, 0.29) is 5.91 Å². The monoisotopic (exact) mass is 445 g/mol. The lowest BCUT2D eigenvalue weighted by Crippen LogP contribution is -2.48. The van der Waals surface area contributed by atoms with Crippen molar-refractivity contribution in [1.82, 2.24) is 5.32 Å². The molecule has 1 atom stereocenters. The summed E-state index contributed by atoms with van der Waals surface area (Å²) >= 11 is 0. The Labute approximate surface area is 185 Å². The first-order valence-corrected chi connectivity index (χ1v) is 12.4. The highest BCUT2D eigenvalue weighted by atomic mass is 32.2. The Balaban J connectivity index is 1.59. The summed E-state index contributed by atoms with van der Waals surface area (Å²) in [6.07, 6.45) is 4.12. The Morgan fingerprint density at radius 3 is 2.74 bits per heavy atom. The second-order valence-electron chi connectivity index (χ2n) is 7.80. The number of carbonyl (C=O) groups is 1. The summed E-state index contributed by atoms with van der Waals surface area (Å²) in [6, 6.07) is 14.3. The van der Waals surface area contributed by atoms with Crippen LogP contribution in [0.3, 0.4) is 0 Å². The Morgan fingerprint density at radius 2 is 2.00 bits per heavy atom. The van der Waals surface area contributed by atoms with Crippen LogP contribution in [-0.4, -0.2) is 53.4 Å². The van der Waals surface area contributed by atoms with Gasteiger partial charge in [-0.2, -0.15) is 0 Å². The minimum absolute atomic E-state index is 0.327. The fourth-order valence-corrected chi connectivity index (χ4v) is 5.20. The molecule has 0 saturated carbocycles. The molecule has 2 aromatic carbocycles. The normalized spacial score (nSPS) is 14.5. The third-order valence-corrected chi connectivity index (χ3v) is 6.75. The third-order valence-electron chi connectivity index (χ3n) is 5.51. The van der Waals surface area contributed by atoms with Crippen molar-refractivity contribution in [1.29, 1.82) is 0 Å². The lowest BCUT2D eigenvalue weighted by molar-refractivity contribution is -0.121. The largest absolute Gasteiger partial charge is 0.497 e. The van der Waals surface area contributed by atoms with Crippen molar-refractivity contribution in [2.24, 2.45) is 0 Å². The molecule has 1 N–H and O–H groups in total. The van der Waals surface area contributed by atoms with Gasteiger partial charge in [-0.15, -0.1) is 0 Å². The zero-order valence-corrected chi connectivity index (χ0v) is 19.2. The number of aryl methyl sites for hydroxylation is 1. The number of hydrogen-bond donors (Lipinski definition) is 1. The average molecular weight is 446 g/mol. The Kier molecular flexibility index (Phi) is 7.43. The first-order valence-electron chi connectivity index (χ1n) is 10.6. The molecule has 31 heavy (non-hydrogen) atoms. The van der Waals surface area contributed by atoms with Gasteiger partial charge in [0.1, 0.15) is 11.8 Å². The van der Waals surface area contributed by atoms with E-state index in [1.165, 1.54) is 18.4 Å². The van der Waals surface area contributed by atoms with Gasteiger partial charge < -0.3 is 15.0 Å². The molecule has 0 spiro atoms. The summed E-state index contributed by atoms with van der Waals surface area (Å²) in [5.41, 5.74) is 3.04. The molecule has 8 heteroatoms. The van der Waals surface area contributed by atoms with Gasteiger partial charge in [0.15, 0.2) is 0 Å². The molecule has 0 unspecified atom stereocenters. The van der Waals surface area contributed by atoms with Crippen LogP contribution in [-0.2, 0) is 21.2 Å². The quantitative estimate of drug-likeness (QED) is 0.601. The molecule has 0 fully saturated rings. The van der Waals surface area contributed by atoms with Gasteiger partial charge in [0.25, 0.3) is 0 Å². The molecule has 0 bridgehead atoms. The summed E-state index contributed by atoms with van der Waals surface area (Å²) < 4.78 is 31.2. The van der Waals surface area contributed by atoms with Crippen LogP contribution in [0, 0.1) is 0 Å². The zero-order chi connectivity index (χ0) is 22.4. The molecule has 3 rings (SSSR count). The van der Waals surface area contributed by atoms with E-state index in [9.17, 15) is 13.2 Å². The van der Waals surface area contributed by atoms with Gasteiger partial charge in [0, 0.05) is 31.4 Å². The van der Waals surface area contributed by atoms with Crippen LogP contribution in [0.1, 0.15) is 25.3 Å². The number of para-hydroxylation sites is 1. The van der Waals surface area contributed by atoms with Crippen LogP contribution in [0.2, 0.25) is 0 Å². The molecule has 0 radical (unpaired) electrons. The van der Waals surface area contributed by atoms with Crippen molar-refractivity contribution in [2.75, 3.05) is 42.2 Å². The summed E-state index contributed by atoms with van der Waals surface area (Å²) in [5, 5.41) is 2.89. The van der Waals surface area contributed by atoms with Crippen molar-refractivity contribution >= 4 is 27.3 Å². The molecule has 0 aromatic heterocycles. The summed E-state index contributed by atoms with van der Waals surface area (Å²) in [6.45, 7) is 3.94. The lowest BCUT2D eigenvalue weighted by atomic mass is 10.0. The van der Waals surface area contributed by atoms with Crippen LogP contribution in [0.25, 0.3) is 0 Å². The Morgan fingerprint density at radius 1 is 1.23 bits per heavy atom. The van der Waals surface area contributed by atoms with E-state index in [0.717, 1.165) is 42.9 Å². The van der Waals surface area contributed by atoms with Gasteiger partial charge in [0.2, 0.25) is 15.9 Å². The minimum Gasteiger partial charge on any atom is -0.497 e. The molecular weight excluding hydrogens is 414 g/mol. The Hall–Kier alpha value is -2.74. The number of anilines is 2. The molecule has 1 heterocycles. The van der Waals surface area contributed by atoms with E-state index in [2.05, 4.69) is 34.5 Å². The molecule has 7 nitrogen and oxygen atoms in total. The van der Waals surface area contributed by atoms with E-state index < -0.39 is 16.1 Å². The van der Waals surface area contributed by atoms with E-state index in [1.54, 1.807) is 31.2 Å². The maximum Gasteiger partial charge on any atom is 0.243 e. The number of ether oxygens (including phenoxy) is 1. The SMILES string of the molecule is COc1cccc(N([C@@H](C)C(=O)NCCCN2CCCc3ccccc32)S(C)(=O)=O)c1. The first kappa shape index (κ1) is 22.9. The number of carbonyl (C=O) groups excluding carboxylic acids is 1. The van der Waals surface area contributed by atoms with Crippen LogP contribution < -0.4 is 19.3 Å². The highest BCUT2D eigenvalue weighted by molar-refractivity contribution is 7.92. The summed E-state index contributed by atoms with van der Waals surface area (Å²) in [5.74, 6) is 0.202. The highest BCUT2D eigenvalue weighted by Crippen LogP contribution is 2.27. The zero-order valence-electron chi connectivity index (χ0n) is 18.4. The molecule has 1 aliphatic heterocycles. The van der Waals surface area contributed by atoms with Gasteiger partial charge in [-0.05, 0) is 49.9 Å². The molecule has 2 aromatic rings. The number of fused-ring (bicyclic) bond motifs is 1. The number of sulfonamides is 1. The number of methoxy groups -OCH3 is 1. The standard InChI is InChI=1S/C23H31N3O4S/c1-18(26(31(3,28)29)20-11-6-12-21(17-20)30-2)23(27)24-14-8-16-25-15-7-10-19-9-4-5-13-22(19)25/h4-6,9,11-13,17-18H,7-8,10,14-16H2,1-3H3,(H,24,27)/t18-/m0/s1. The van der Waals surface area contributed by atoms with Gasteiger partial charge in [-0.1, -0.05) is 24.3 Å². The number of amides is 1. The highest BCUT2D eigenvalue weighted by Gasteiger charge is 2.29. The van der Waals surface area contributed by atoms with Crippen molar-refractivity contribution in [3.8, 4) is 5.75 Å². The van der Waals surface area contributed by atoms with Gasteiger partial charge in [0.05, 0.1) is 19.1 Å². The summed E-state index contributed by atoms with van der Waals surface area (Å²) in [4.78, 5) is 15.1. The number of rotatable bonds is 9. The fraction of sp³-hybridized carbons (Fsp3) is 0.435. The molecule has 0 saturated heterocycles. The summed E-state index contributed by atoms with van der Waals surface area (Å²) in [7, 11) is -2.15. The second kappa shape index (κ2) is 10.0. The van der Waals surface area contributed by atoms with Crippen molar-refractivity contribution < 1.29 is 17.9 Å². The molecule has 0 aliphatic carbocycles. The second-order valence-corrected chi connectivity index (χ2v) is 9.66. The first-order chi connectivity index (χ1) is 14.8. The minimum atomic E-state index is -3.66. The van der Waals surface area contributed by atoms with Crippen molar-refractivity contribution in [3.63, 3.8) is 0 Å². The predicted octanol–water partition coefficient (Wildman–Crippen LogP) is 2.81. The van der Waals surface area contributed by atoms with E-state index >= 15 is 0 Å². The maximum absolute atomic E-state index is 12.7. The fourth-order valence-electron chi connectivity index (χ4n) is 4.03. The lowest BCUT2D eigenvalue weighted by Gasteiger charge is -2.31. The van der Waals surface area contributed by atoms with E-state index in [0.29, 0.717) is 18.0 Å². The molecule has 168 valence electrons. The number of benzene rings is 2. The van der Waals surface area contributed by atoms with E-state index in [1.807, 2.05) is 0 Å². The van der Waals surface area contributed by atoms with Gasteiger partial charge in [-0.25, -0.2) is 8.42 Å². The van der Waals surface area contributed by atoms with Crippen LogP contribution in [0.15, 0.2) is 48.5 Å². The van der Waals surface area contributed by atoms with Crippen LogP contribution in [0.5, 0.6) is 5.75 Å². The third kappa shape index (κ3) is 5.70. The number of nitrogens with zero attached hydrogens (tertiary/aromatic N) is 2. The smallest absolute Gasteiger partial charge is 0.243 e. The average Bonchev–Trinajstić information content (AvgIpc) is 2.75. The van der Waals surface area contributed by atoms with Gasteiger partial charge >= 0.3 is 0 Å². The molecule has 1 aliphatic rings. The van der Waals surface area contributed by atoms with Gasteiger partial charge in [-0.3, -0.25) is 9.10 Å². The van der Waals surface area contributed by atoms with Crippen LogP contribution >= 0.6 is 0 Å². The molecular formula is C23H31N3O4S. The number of nitrogens with one attached hydrogen (secondary N) is 1. The molecule has 1 amide bonds. The predicted molar refractivity (Wildman–Crippen MR) is 124 cm³/mol. The van der Waals surface area contributed by atoms with Crippen molar-refractivity contribution in [2.45, 2.75) is 32.2 Å². The maximum atomic E-state index is 12.7. The number of hydrogen-bond acceptors (Lipinski definition) is 5. The Bertz CT molecular complexity index is 1010. The van der Waals surface area contributed by atoms with E-state index in [4.69, 9.17) is 4.74 Å². The van der Waals surface area contributed by atoms with Crippen molar-refractivity contribution in [3.05, 3.63) is 54.1 Å². The topological polar surface area (TPSA) is 79.0 Å². The van der Waals surface area contributed by atoms with Crippen LogP contribution in [0.4, 0.5) is 11.4 Å².